The van der Waals surface area contributed by atoms with Crippen LogP contribution in [0.4, 0.5) is 0 Å². The van der Waals surface area contributed by atoms with Crippen LogP contribution < -0.4 is 5.32 Å². The standard InChI is InChI=1S/C12H14N2O/c1-4-11(14-12(15)9(2)3)10-6-5-7-13-8-10/h1,5-9,11H,2-3H3,(H,14,15)/t11-/m0/s1. The number of pyridine rings is 1. The molecule has 0 aliphatic carbocycles. The monoisotopic (exact) mass is 202 g/mol. The van der Waals surface area contributed by atoms with Crippen molar-refractivity contribution in [3.63, 3.8) is 0 Å². The Hall–Kier alpha value is -1.82. The lowest BCUT2D eigenvalue weighted by molar-refractivity contribution is -0.124. The van der Waals surface area contributed by atoms with Crippen LogP contribution in [0, 0.1) is 18.3 Å². The summed E-state index contributed by atoms with van der Waals surface area (Å²) in [5.41, 5.74) is 0.828. The van der Waals surface area contributed by atoms with Crippen LogP contribution in [-0.2, 0) is 4.79 Å². The van der Waals surface area contributed by atoms with E-state index in [1.165, 1.54) is 0 Å². The maximum atomic E-state index is 11.5. The molecule has 3 heteroatoms. The van der Waals surface area contributed by atoms with Crippen LogP contribution in [0.2, 0.25) is 0 Å². The third-order valence-electron chi connectivity index (χ3n) is 2.00. The Balaban J connectivity index is 2.75. The average Bonchev–Trinajstić information content (AvgIpc) is 2.26. The largest absolute Gasteiger partial charge is 0.338 e. The fraction of sp³-hybridized carbons (Fsp3) is 0.333. The summed E-state index contributed by atoms with van der Waals surface area (Å²) in [6.45, 7) is 3.65. The second-order valence-corrected chi connectivity index (χ2v) is 3.55. The quantitative estimate of drug-likeness (QED) is 0.755. The molecule has 1 heterocycles. The molecule has 0 radical (unpaired) electrons. The smallest absolute Gasteiger partial charge is 0.223 e. The molecule has 1 rings (SSSR count). The summed E-state index contributed by atoms with van der Waals surface area (Å²) in [4.78, 5) is 15.4. The van der Waals surface area contributed by atoms with Crippen LogP contribution in [0.5, 0.6) is 0 Å². The minimum Gasteiger partial charge on any atom is -0.338 e. The highest BCUT2D eigenvalue weighted by Crippen LogP contribution is 2.10. The molecule has 1 aromatic rings. The van der Waals surface area contributed by atoms with Gasteiger partial charge in [0.25, 0.3) is 0 Å². The maximum absolute atomic E-state index is 11.5. The summed E-state index contributed by atoms with van der Waals surface area (Å²) in [5.74, 6) is 2.41. The van der Waals surface area contributed by atoms with Crippen LogP contribution in [0.25, 0.3) is 0 Å². The van der Waals surface area contributed by atoms with Gasteiger partial charge in [-0.1, -0.05) is 25.8 Å². The predicted octanol–water partition coefficient (Wildman–Crippen LogP) is 1.53. The molecule has 0 saturated heterocycles. The molecule has 0 aliphatic rings. The number of nitrogens with one attached hydrogen (secondary N) is 1. The van der Waals surface area contributed by atoms with Gasteiger partial charge in [0.1, 0.15) is 6.04 Å². The zero-order valence-electron chi connectivity index (χ0n) is 8.90. The molecule has 78 valence electrons. The van der Waals surface area contributed by atoms with Crippen molar-refractivity contribution in [3.8, 4) is 12.3 Å². The molecule has 0 spiro atoms. The fourth-order valence-electron chi connectivity index (χ4n) is 1.08. The summed E-state index contributed by atoms with van der Waals surface area (Å²) in [6, 6.07) is 3.24. The number of carbonyl (C=O) groups is 1. The van der Waals surface area contributed by atoms with Gasteiger partial charge < -0.3 is 5.32 Å². The Morgan fingerprint density at radius 3 is 2.80 bits per heavy atom. The summed E-state index contributed by atoms with van der Waals surface area (Å²) in [6.07, 6.45) is 8.69. The van der Waals surface area contributed by atoms with E-state index < -0.39 is 6.04 Å². The fourth-order valence-corrected chi connectivity index (χ4v) is 1.08. The molecule has 1 atom stereocenters. The van der Waals surface area contributed by atoms with E-state index in [9.17, 15) is 4.79 Å². The predicted molar refractivity (Wildman–Crippen MR) is 58.8 cm³/mol. The Labute approximate surface area is 89.9 Å². The highest BCUT2D eigenvalue weighted by molar-refractivity contribution is 5.78. The van der Waals surface area contributed by atoms with Crippen LogP contribution in [0.15, 0.2) is 24.5 Å². The molecule has 1 amide bonds. The Bertz CT molecular complexity index is 365. The second-order valence-electron chi connectivity index (χ2n) is 3.55. The van der Waals surface area contributed by atoms with E-state index in [0.717, 1.165) is 5.56 Å². The van der Waals surface area contributed by atoms with Gasteiger partial charge in [-0.05, 0) is 6.07 Å². The lowest BCUT2D eigenvalue weighted by Crippen LogP contribution is -2.31. The van der Waals surface area contributed by atoms with Crippen molar-refractivity contribution in [2.24, 2.45) is 5.92 Å². The van der Waals surface area contributed by atoms with Crippen LogP contribution in [0.1, 0.15) is 25.5 Å². The molecule has 0 aromatic carbocycles. The topological polar surface area (TPSA) is 42.0 Å². The highest BCUT2D eigenvalue weighted by Gasteiger charge is 2.13. The van der Waals surface area contributed by atoms with Crippen molar-refractivity contribution >= 4 is 5.91 Å². The number of rotatable bonds is 3. The molecule has 0 bridgehead atoms. The number of nitrogens with zero attached hydrogens (tertiary/aromatic N) is 1. The van der Waals surface area contributed by atoms with Crippen LogP contribution >= 0.6 is 0 Å². The number of hydrogen-bond acceptors (Lipinski definition) is 2. The number of terminal acetylenes is 1. The second kappa shape index (κ2) is 5.16. The van der Waals surface area contributed by atoms with Crippen LogP contribution in [0.3, 0.4) is 0 Å². The molecule has 0 fully saturated rings. The molecule has 1 N–H and O–H groups in total. The normalized spacial score (nSPS) is 11.9. The third-order valence-corrected chi connectivity index (χ3v) is 2.00. The van der Waals surface area contributed by atoms with Gasteiger partial charge in [0.15, 0.2) is 0 Å². The van der Waals surface area contributed by atoms with Crippen molar-refractivity contribution < 1.29 is 4.79 Å². The molecule has 15 heavy (non-hydrogen) atoms. The summed E-state index contributed by atoms with van der Waals surface area (Å²) in [7, 11) is 0. The van der Waals surface area contributed by atoms with Gasteiger partial charge in [0.05, 0.1) is 0 Å². The van der Waals surface area contributed by atoms with Crippen molar-refractivity contribution in [1.82, 2.24) is 10.3 Å². The molecule has 0 unspecified atom stereocenters. The van der Waals surface area contributed by atoms with E-state index in [2.05, 4.69) is 16.2 Å². The Morgan fingerprint density at radius 1 is 1.60 bits per heavy atom. The first-order valence-corrected chi connectivity index (χ1v) is 4.81. The van der Waals surface area contributed by atoms with E-state index in [1.54, 1.807) is 18.5 Å². The first-order chi connectivity index (χ1) is 7.15. The highest BCUT2D eigenvalue weighted by atomic mass is 16.1. The maximum Gasteiger partial charge on any atom is 0.223 e. The molecular weight excluding hydrogens is 188 g/mol. The van der Waals surface area contributed by atoms with E-state index >= 15 is 0 Å². The van der Waals surface area contributed by atoms with Gasteiger partial charge in [-0.2, -0.15) is 0 Å². The minimum atomic E-state index is -0.395. The number of hydrogen-bond donors (Lipinski definition) is 1. The molecule has 1 aromatic heterocycles. The third kappa shape index (κ3) is 3.10. The van der Waals surface area contributed by atoms with E-state index in [1.807, 2.05) is 19.9 Å². The van der Waals surface area contributed by atoms with Gasteiger partial charge in [0.2, 0.25) is 5.91 Å². The Morgan fingerprint density at radius 2 is 2.33 bits per heavy atom. The molecule has 3 nitrogen and oxygen atoms in total. The van der Waals surface area contributed by atoms with Gasteiger partial charge in [-0.3, -0.25) is 9.78 Å². The average molecular weight is 202 g/mol. The summed E-state index contributed by atoms with van der Waals surface area (Å²) in [5, 5.41) is 2.77. The lowest BCUT2D eigenvalue weighted by Gasteiger charge is -2.14. The number of amides is 1. The van der Waals surface area contributed by atoms with Gasteiger partial charge in [-0.15, -0.1) is 6.42 Å². The zero-order valence-corrected chi connectivity index (χ0v) is 8.90. The van der Waals surface area contributed by atoms with E-state index in [4.69, 9.17) is 6.42 Å². The van der Waals surface area contributed by atoms with E-state index in [-0.39, 0.29) is 11.8 Å². The van der Waals surface area contributed by atoms with Gasteiger partial charge >= 0.3 is 0 Å². The van der Waals surface area contributed by atoms with Crippen molar-refractivity contribution in [2.45, 2.75) is 19.9 Å². The van der Waals surface area contributed by atoms with Crippen molar-refractivity contribution in [1.29, 1.82) is 0 Å². The van der Waals surface area contributed by atoms with Gasteiger partial charge in [-0.25, -0.2) is 0 Å². The Kier molecular flexibility index (Phi) is 3.87. The zero-order chi connectivity index (χ0) is 11.3. The minimum absolute atomic E-state index is 0.0539. The molecule has 0 saturated carbocycles. The summed E-state index contributed by atoms with van der Waals surface area (Å²) < 4.78 is 0. The first kappa shape index (κ1) is 11.3. The number of aromatic nitrogens is 1. The first-order valence-electron chi connectivity index (χ1n) is 4.81. The number of carbonyl (C=O) groups excluding carboxylic acids is 1. The van der Waals surface area contributed by atoms with E-state index in [0.29, 0.717) is 0 Å². The van der Waals surface area contributed by atoms with Crippen molar-refractivity contribution in [3.05, 3.63) is 30.1 Å². The van der Waals surface area contributed by atoms with Crippen LogP contribution in [-0.4, -0.2) is 10.9 Å². The SMILES string of the molecule is C#C[C@H](NC(=O)C(C)C)c1cccnc1. The van der Waals surface area contributed by atoms with Crippen molar-refractivity contribution in [2.75, 3.05) is 0 Å². The lowest BCUT2D eigenvalue weighted by atomic mass is 10.1. The van der Waals surface area contributed by atoms with Gasteiger partial charge in [0, 0.05) is 23.9 Å². The molecule has 0 aliphatic heterocycles. The molecular formula is C12H14N2O. The summed E-state index contributed by atoms with van der Waals surface area (Å²) >= 11 is 0.